The van der Waals surface area contributed by atoms with Crippen molar-refractivity contribution in [2.24, 2.45) is 17.2 Å². The molecule has 0 aliphatic heterocycles. The largest absolute Gasteiger partial charge is 0.434 e. The van der Waals surface area contributed by atoms with E-state index in [4.69, 9.17) is 0 Å². The van der Waals surface area contributed by atoms with E-state index in [0.29, 0.717) is 0 Å². The van der Waals surface area contributed by atoms with Gasteiger partial charge >= 0.3 is 6.18 Å². The van der Waals surface area contributed by atoms with Crippen molar-refractivity contribution in [1.82, 2.24) is 0 Å². The molecule has 0 rings (SSSR count). The van der Waals surface area contributed by atoms with Gasteiger partial charge in [-0.05, 0) is 0 Å². The Morgan fingerprint density at radius 1 is 1.00 bits per heavy atom. The van der Waals surface area contributed by atoms with Gasteiger partial charge < -0.3 is 17.2 Å². The third kappa shape index (κ3) is 2.11. The highest BCUT2D eigenvalue weighted by molar-refractivity contribution is 5.08. The van der Waals surface area contributed by atoms with E-state index in [1.165, 1.54) is 0 Å². The lowest BCUT2D eigenvalue weighted by Crippen LogP contribution is -2.28. The van der Waals surface area contributed by atoms with Gasteiger partial charge in [-0.2, -0.15) is 13.2 Å². The van der Waals surface area contributed by atoms with Crippen LogP contribution < -0.4 is 17.2 Å². The molecule has 0 aliphatic carbocycles. The van der Waals surface area contributed by atoms with E-state index in [1.807, 2.05) is 0 Å². The van der Waals surface area contributed by atoms with Gasteiger partial charge in [0, 0.05) is 0 Å². The summed E-state index contributed by atoms with van der Waals surface area (Å²) in [6.45, 7) is 0. The lowest BCUT2D eigenvalue weighted by molar-refractivity contribution is -0.0936. The van der Waals surface area contributed by atoms with Crippen molar-refractivity contribution in [3.8, 4) is 0 Å². The van der Waals surface area contributed by atoms with Gasteiger partial charge in [-0.25, -0.2) is 0 Å². The molecule has 0 heterocycles. The van der Waals surface area contributed by atoms with Gasteiger partial charge in [-0.15, -0.1) is 0 Å². The minimum absolute atomic E-state index is 0.900. The maximum Gasteiger partial charge on any atom is 0.434 e. The van der Waals surface area contributed by atoms with Crippen LogP contribution in [0.25, 0.3) is 0 Å². The fraction of sp³-hybridized carbons (Fsp3) is 0.333. The van der Waals surface area contributed by atoms with Crippen molar-refractivity contribution in [1.29, 1.82) is 0 Å². The fourth-order valence-corrected chi connectivity index (χ4v) is 0.164. The summed E-state index contributed by atoms with van der Waals surface area (Å²) in [5, 5.41) is 0. The molecule has 0 radical (unpaired) electrons. The molecular formula is C3H6F3N3. The van der Waals surface area contributed by atoms with Gasteiger partial charge in [-0.1, -0.05) is 0 Å². The molecule has 0 saturated heterocycles. The highest BCUT2D eigenvalue weighted by Crippen LogP contribution is 2.20. The average molecular weight is 141 g/mol. The van der Waals surface area contributed by atoms with Crippen molar-refractivity contribution in [2.75, 3.05) is 0 Å². The second kappa shape index (κ2) is 2.04. The highest BCUT2D eigenvalue weighted by atomic mass is 19.4. The van der Waals surface area contributed by atoms with Crippen LogP contribution >= 0.6 is 0 Å². The summed E-state index contributed by atoms with van der Waals surface area (Å²) in [4.78, 5) is 0. The van der Waals surface area contributed by atoms with Gasteiger partial charge in [0.1, 0.15) is 5.82 Å². The molecule has 0 bridgehead atoms. The van der Waals surface area contributed by atoms with E-state index in [9.17, 15) is 13.2 Å². The lowest BCUT2D eigenvalue weighted by atomic mass is 10.4. The SMILES string of the molecule is NC(N)=C(N)C(F)(F)F. The zero-order chi connectivity index (χ0) is 7.65. The van der Waals surface area contributed by atoms with Crippen LogP contribution in [0.4, 0.5) is 13.2 Å². The summed E-state index contributed by atoms with van der Waals surface area (Å²) in [6, 6.07) is 0. The van der Waals surface area contributed by atoms with Crippen LogP contribution in [-0.4, -0.2) is 6.18 Å². The van der Waals surface area contributed by atoms with Crippen LogP contribution in [0.2, 0.25) is 0 Å². The Labute approximate surface area is 49.3 Å². The second-order valence-electron chi connectivity index (χ2n) is 1.37. The van der Waals surface area contributed by atoms with Gasteiger partial charge in [0.25, 0.3) is 0 Å². The van der Waals surface area contributed by atoms with Gasteiger partial charge in [0.2, 0.25) is 0 Å². The number of hydrogen-bond donors (Lipinski definition) is 3. The van der Waals surface area contributed by atoms with E-state index >= 15 is 0 Å². The molecule has 6 N–H and O–H groups in total. The first-order valence-electron chi connectivity index (χ1n) is 1.93. The van der Waals surface area contributed by atoms with Crippen LogP contribution in [-0.2, 0) is 0 Å². The van der Waals surface area contributed by atoms with Gasteiger partial charge in [0.05, 0.1) is 0 Å². The van der Waals surface area contributed by atoms with E-state index < -0.39 is 17.7 Å². The Morgan fingerprint density at radius 2 is 1.33 bits per heavy atom. The first-order valence-corrected chi connectivity index (χ1v) is 1.93. The van der Waals surface area contributed by atoms with E-state index in [1.54, 1.807) is 0 Å². The summed E-state index contributed by atoms with van der Waals surface area (Å²) in [7, 11) is 0. The van der Waals surface area contributed by atoms with Crippen LogP contribution in [0, 0.1) is 0 Å². The van der Waals surface area contributed by atoms with E-state index in [-0.39, 0.29) is 0 Å². The Hall–Kier alpha value is -1.07. The average Bonchev–Trinajstić information content (AvgIpc) is 1.62. The Balaban J connectivity index is 4.40. The quantitative estimate of drug-likeness (QED) is 0.429. The Kier molecular flexibility index (Phi) is 1.80. The predicted molar refractivity (Wildman–Crippen MR) is 25.6 cm³/mol. The predicted octanol–water partition coefficient (Wildman–Crippen LogP) is -0.406. The minimum atomic E-state index is -4.61. The molecule has 0 atom stereocenters. The fourth-order valence-electron chi connectivity index (χ4n) is 0.164. The van der Waals surface area contributed by atoms with Crippen molar-refractivity contribution < 1.29 is 13.2 Å². The maximum atomic E-state index is 11.4. The molecule has 6 heteroatoms. The molecule has 0 unspecified atom stereocenters. The number of allylic oxidation sites excluding steroid dienone is 1. The molecule has 0 aliphatic rings. The molecular weight excluding hydrogens is 135 g/mol. The van der Waals surface area contributed by atoms with Crippen LogP contribution in [0.3, 0.4) is 0 Å². The third-order valence-corrected chi connectivity index (χ3v) is 0.616. The highest BCUT2D eigenvalue weighted by Gasteiger charge is 2.33. The first-order chi connectivity index (χ1) is 3.85. The molecule has 9 heavy (non-hydrogen) atoms. The molecule has 0 fully saturated rings. The summed E-state index contributed by atoms with van der Waals surface area (Å²) < 4.78 is 34.1. The number of rotatable bonds is 0. The van der Waals surface area contributed by atoms with Gasteiger partial charge in [0.15, 0.2) is 5.70 Å². The molecule has 54 valence electrons. The molecule has 0 amide bonds. The number of alkyl halides is 3. The summed E-state index contributed by atoms with van der Waals surface area (Å²) in [6.07, 6.45) is -4.61. The number of hydrogen-bond acceptors (Lipinski definition) is 3. The molecule has 0 aromatic carbocycles. The summed E-state index contributed by atoms with van der Waals surface area (Å²) in [5.74, 6) is -0.900. The van der Waals surface area contributed by atoms with Crippen molar-refractivity contribution >= 4 is 0 Å². The Morgan fingerprint density at radius 3 is 1.33 bits per heavy atom. The van der Waals surface area contributed by atoms with Gasteiger partial charge in [-0.3, -0.25) is 0 Å². The number of halogens is 3. The Bertz CT molecular complexity index is 132. The molecule has 0 saturated carbocycles. The minimum Gasteiger partial charge on any atom is -0.392 e. The normalized spacial score (nSPS) is 11.0. The van der Waals surface area contributed by atoms with Crippen molar-refractivity contribution in [3.05, 3.63) is 11.5 Å². The van der Waals surface area contributed by atoms with E-state index in [0.717, 1.165) is 0 Å². The van der Waals surface area contributed by atoms with Crippen LogP contribution in [0.5, 0.6) is 0 Å². The molecule has 0 aromatic heterocycles. The molecule has 3 nitrogen and oxygen atoms in total. The smallest absolute Gasteiger partial charge is 0.392 e. The third-order valence-electron chi connectivity index (χ3n) is 0.616. The zero-order valence-corrected chi connectivity index (χ0v) is 4.37. The number of nitrogens with two attached hydrogens (primary N) is 3. The van der Waals surface area contributed by atoms with Crippen molar-refractivity contribution in [2.45, 2.75) is 6.18 Å². The molecule has 0 aromatic rings. The lowest BCUT2D eigenvalue weighted by Gasteiger charge is -2.06. The zero-order valence-electron chi connectivity index (χ0n) is 4.37. The van der Waals surface area contributed by atoms with Crippen LogP contribution in [0.15, 0.2) is 11.5 Å². The summed E-state index contributed by atoms with van der Waals surface area (Å²) >= 11 is 0. The second-order valence-corrected chi connectivity index (χ2v) is 1.37. The molecule has 0 spiro atoms. The van der Waals surface area contributed by atoms with E-state index in [2.05, 4.69) is 17.2 Å². The van der Waals surface area contributed by atoms with Crippen molar-refractivity contribution in [3.63, 3.8) is 0 Å². The standard InChI is InChI=1S/C3H6F3N3/c4-3(5,6)1(7)2(8)9/h7-9H2. The first kappa shape index (κ1) is 7.93. The summed E-state index contributed by atoms with van der Waals surface area (Å²) in [5.41, 5.74) is 12.0. The topological polar surface area (TPSA) is 78.1 Å². The van der Waals surface area contributed by atoms with Crippen LogP contribution in [0.1, 0.15) is 0 Å². The maximum absolute atomic E-state index is 11.4. The monoisotopic (exact) mass is 141 g/mol.